The first-order valence-corrected chi connectivity index (χ1v) is 24.6. The molecule has 0 saturated carbocycles. The number of aryl methyl sites for hydroxylation is 4. The van der Waals surface area contributed by atoms with Crippen LogP contribution in [-0.2, 0) is 20.8 Å². The zero-order valence-corrected chi connectivity index (χ0v) is 40.4. The lowest BCUT2D eigenvalue weighted by Gasteiger charge is -2.28. The first-order chi connectivity index (χ1) is 31.8. The van der Waals surface area contributed by atoms with Gasteiger partial charge in [0.2, 0.25) is 11.8 Å². The van der Waals surface area contributed by atoms with E-state index in [1.54, 1.807) is 28.7 Å². The van der Waals surface area contributed by atoms with Crippen molar-refractivity contribution in [2.45, 2.75) is 111 Å². The minimum Gasteiger partial charge on any atom is -0.476 e. The number of aliphatic imine (C=N–C) groups is 1. The van der Waals surface area contributed by atoms with Gasteiger partial charge < -0.3 is 24.6 Å². The molecule has 0 radical (unpaired) electrons. The van der Waals surface area contributed by atoms with E-state index in [1.807, 2.05) is 86.3 Å². The first-order valence-electron chi connectivity index (χ1n) is 22.5. The van der Waals surface area contributed by atoms with Gasteiger partial charge in [-0.25, -0.2) is 4.98 Å². The number of amides is 2. The Balaban J connectivity index is 0.808. The molecule has 2 aliphatic heterocycles. The number of hydrogen-bond acceptors (Lipinski definition) is 13. The van der Waals surface area contributed by atoms with Gasteiger partial charge in [0.1, 0.15) is 22.8 Å². The molecular weight excluding hydrogens is 896 g/mol. The number of thiazole rings is 1. The second-order valence-electron chi connectivity index (χ2n) is 17.5. The Kier molecular flexibility index (Phi) is 14.6. The van der Waals surface area contributed by atoms with Crippen molar-refractivity contribution in [1.82, 2.24) is 35.1 Å². The van der Waals surface area contributed by atoms with E-state index in [4.69, 9.17) is 25.9 Å². The zero-order valence-electron chi connectivity index (χ0n) is 38.0. The van der Waals surface area contributed by atoms with E-state index >= 15 is 0 Å². The van der Waals surface area contributed by atoms with E-state index < -0.39 is 24.1 Å². The predicted molar refractivity (Wildman–Crippen MR) is 256 cm³/mol. The number of rotatable bonds is 18. The number of unbranched alkanes of at least 4 members (excludes halogenated alkanes) is 2. The molecule has 1 fully saturated rings. The van der Waals surface area contributed by atoms with Crippen LogP contribution in [0.5, 0.6) is 5.88 Å². The molecule has 1 saturated heterocycles. The number of fused-ring (bicyclic) bond motifs is 3. The first kappa shape index (κ1) is 47.0. The molecule has 2 amide bonds. The van der Waals surface area contributed by atoms with Crippen LogP contribution in [0.2, 0.25) is 5.02 Å². The summed E-state index contributed by atoms with van der Waals surface area (Å²) < 4.78 is 13.6. The van der Waals surface area contributed by atoms with Gasteiger partial charge in [0.15, 0.2) is 17.4 Å². The lowest BCUT2D eigenvalue weighted by molar-refractivity contribution is -0.140. The summed E-state index contributed by atoms with van der Waals surface area (Å²) in [4.78, 5) is 54.5. The number of carbonyl (C=O) groups excluding carboxylic acids is 3. The van der Waals surface area contributed by atoms with Crippen LogP contribution in [0.25, 0.3) is 15.4 Å². The van der Waals surface area contributed by atoms with E-state index in [1.165, 1.54) is 9.78 Å². The summed E-state index contributed by atoms with van der Waals surface area (Å²) in [5, 5.41) is 28.3. The normalized spacial score (nSPS) is 17.3. The number of aliphatic hydroxyl groups is 1. The van der Waals surface area contributed by atoms with Crippen LogP contribution in [0.4, 0.5) is 0 Å². The average Bonchev–Trinajstić information content (AvgIpc) is 4.14. The maximum atomic E-state index is 14.1. The van der Waals surface area contributed by atoms with Crippen molar-refractivity contribution >= 4 is 57.6 Å². The van der Waals surface area contributed by atoms with E-state index in [9.17, 15) is 19.5 Å². The molecule has 2 N–H and O–H groups in total. The highest BCUT2D eigenvalue weighted by atomic mass is 35.5. The number of halogens is 1. The SMILES string of the molecule is Cc1ncsc1-c1ccc(CCC(=O)[C@@H]2C[C@@H](O)CN2C(=O)[C@H](c2cc(OCCCCCNC(=O)C[C@@H]3N=C(c4ccc(Cl)cc4)c4c(sc(C)c4C)-n4c(C)nnc43)no2)C(C)C)cc1. The third-order valence-corrected chi connectivity index (χ3v) is 14.9. The van der Waals surface area contributed by atoms with E-state index in [-0.39, 0.29) is 55.2 Å². The van der Waals surface area contributed by atoms with Crippen LogP contribution in [0.1, 0.15) is 115 Å². The number of thiophene rings is 1. The van der Waals surface area contributed by atoms with Gasteiger partial charge >= 0.3 is 0 Å². The smallest absolute Gasteiger partial charge is 0.254 e. The Bertz CT molecular complexity index is 2720. The van der Waals surface area contributed by atoms with Crippen LogP contribution in [0.15, 0.2) is 69.6 Å². The van der Waals surface area contributed by atoms with Gasteiger partial charge in [0.05, 0.1) is 47.0 Å². The summed E-state index contributed by atoms with van der Waals surface area (Å²) in [5.74, 6) is 0.618. The molecule has 2 aromatic carbocycles. The Hall–Kier alpha value is -5.55. The quantitative estimate of drug-likeness (QED) is 0.0791. The molecule has 0 unspecified atom stereocenters. The van der Waals surface area contributed by atoms with Crippen LogP contribution >= 0.6 is 34.3 Å². The number of nitrogens with one attached hydrogen (secondary N) is 1. The third-order valence-electron chi connectivity index (χ3n) is 12.4. The molecule has 2 aliphatic rings. The number of Topliss-reactive ketones (excluding diaryl/α,β-unsaturated/α-hetero) is 1. The highest BCUT2D eigenvalue weighted by Crippen LogP contribution is 2.40. The van der Waals surface area contributed by atoms with Crippen LogP contribution in [0, 0.1) is 33.6 Å². The number of benzene rings is 2. The summed E-state index contributed by atoms with van der Waals surface area (Å²) >= 11 is 9.52. The number of likely N-dealkylation sites (tertiary alicyclic amines) is 1. The van der Waals surface area contributed by atoms with Crippen molar-refractivity contribution in [2.75, 3.05) is 19.7 Å². The fraction of sp³-hybridized carbons (Fsp3) is 0.429. The van der Waals surface area contributed by atoms with Gasteiger partial charge in [-0.05, 0) is 93.3 Å². The molecule has 17 heteroatoms. The van der Waals surface area contributed by atoms with E-state index in [0.717, 1.165) is 67.8 Å². The van der Waals surface area contributed by atoms with Crippen LogP contribution < -0.4 is 10.1 Å². The maximum Gasteiger partial charge on any atom is 0.254 e. The molecule has 0 spiro atoms. The molecule has 346 valence electrons. The van der Waals surface area contributed by atoms with E-state index in [0.29, 0.717) is 42.6 Å². The van der Waals surface area contributed by atoms with Gasteiger partial charge in [-0.1, -0.05) is 61.8 Å². The Morgan fingerprint density at radius 3 is 2.48 bits per heavy atom. The maximum absolute atomic E-state index is 14.1. The minimum absolute atomic E-state index is 0.0772. The Morgan fingerprint density at radius 1 is 1.00 bits per heavy atom. The summed E-state index contributed by atoms with van der Waals surface area (Å²) in [6, 6.07) is 16.1. The van der Waals surface area contributed by atoms with Gasteiger partial charge in [-0.2, -0.15) is 0 Å². The van der Waals surface area contributed by atoms with Crippen molar-refractivity contribution < 1.29 is 28.8 Å². The zero-order chi connectivity index (χ0) is 46.6. The largest absolute Gasteiger partial charge is 0.476 e. The monoisotopic (exact) mass is 950 g/mol. The molecule has 14 nitrogen and oxygen atoms in total. The number of aromatic nitrogens is 5. The fourth-order valence-electron chi connectivity index (χ4n) is 8.79. The average molecular weight is 952 g/mol. The second kappa shape index (κ2) is 20.5. The van der Waals surface area contributed by atoms with Gasteiger partial charge in [0, 0.05) is 53.0 Å². The van der Waals surface area contributed by atoms with Crippen molar-refractivity contribution in [3.8, 4) is 21.3 Å². The highest BCUT2D eigenvalue weighted by molar-refractivity contribution is 7.15. The van der Waals surface area contributed by atoms with Crippen molar-refractivity contribution in [3.63, 3.8) is 0 Å². The summed E-state index contributed by atoms with van der Waals surface area (Å²) in [5.41, 5.74) is 8.80. The summed E-state index contributed by atoms with van der Waals surface area (Å²) in [6.07, 6.45) is 2.54. The van der Waals surface area contributed by atoms with Crippen molar-refractivity contribution in [2.24, 2.45) is 10.9 Å². The van der Waals surface area contributed by atoms with Gasteiger partial charge in [-0.3, -0.25) is 23.9 Å². The van der Waals surface area contributed by atoms with Crippen molar-refractivity contribution in [1.29, 1.82) is 0 Å². The third kappa shape index (κ3) is 10.2. The van der Waals surface area contributed by atoms with Gasteiger partial charge in [-0.15, -0.1) is 32.9 Å². The summed E-state index contributed by atoms with van der Waals surface area (Å²) in [6.45, 7) is 12.9. The lowest BCUT2D eigenvalue weighted by atomic mass is 9.91. The molecule has 8 rings (SSSR count). The number of ether oxygens (including phenoxy) is 1. The number of aliphatic hydroxyl groups excluding tert-OH is 1. The number of ketones is 1. The molecule has 0 bridgehead atoms. The van der Waals surface area contributed by atoms with Gasteiger partial charge in [0.25, 0.3) is 5.88 Å². The molecule has 6 aromatic rings. The van der Waals surface area contributed by atoms with Crippen LogP contribution in [-0.4, -0.2) is 90.1 Å². The van der Waals surface area contributed by atoms with Crippen LogP contribution in [0.3, 0.4) is 0 Å². The Morgan fingerprint density at radius 2 is 1.76 bits per heavy atom. The number of nitrogens with zero attached hydrogens (tertiary/aromatic N) is 7. The van der Waals surface area contributed by atoms with Crippen molar-refractivity contribution in [3.05, 3.63) is 115 Å². The number of β-amino-alcohol motifs (C(OH)–C–C–N with tert-alkyl or cyclic N) is 1. The molecule has 6 heterocycles. The molecule has 4 aromatic heterocycles. The minimum atomic E-state index is -0.791. The number of hydrogen-bond donors (Lipinski definition) is 2. The molecule has 0 aliphatic carbocycles. The Labute approximate surface area is 397 Å². The fourth-order valence-corrected chi connectivity index (χ4v) is 10.9. The second-order valence-corrected chi connectivity index (χ2v) is 20.0. The topological polar surface area (TPSA) is 178 Å². The molecular formula is C49H55ClN8O6S2. The number of carbonyl (C=O) groups is 3. The predicted octanol–water partition coefficient (Wildman–Crippen LogP) is 8.88. The standard InChI is InChI=1S/C49H55ClN8O6S2/c1-27(2)43(48(62)57-25-36(59)22-38(57)39(60)19-12-32-10-13-34(14-11-32)46-29(4)52-26-65-46)40-24-42(56-64-40)63-21-9-7-8-20-51-41(61)23-37-47-55-54-31(6)58(47)49-44(28(3)30(5)66-49)45(53-37)33-15-17-35(50)18-16-33/h10-11,13-18,24,26-27,36-38,43,59H,7-9,12,19-23,25H2,1-6H3,(H,51,61)/t36-,37+,38+,43+/m1/s1. The highest BCUT2D eigenvalue weighted by Gasteiger charge is 2.43. The molecule has 66 heavy (non-hydrogen) atoms. The lowest BCUT2D eigenvalue weighted by Crippen LogP contribution is -2.44. The molecule has 4 atom stereocenters. The summed E-state index contributed by atoms with van der Waals surface area (Å²) in [7, 11) is 0. The van der Waals surface area contributed by atoms with E-state index in [2.05, 4.69) is 39.5 Å².